The van der Waals surface area contributed by atoms with Gasteiger partial charge >= 0.3 is 6.18 Å². The molecule has 6 rings (SSSR count). The van der Waals surface area contributed by atoms with Crippen LogP contribution >= 0.6 is 0 Å². The summed E-state index contributed by atoms with van der Waals surface area (Å²) in [6.07, 6.45) is -2.51. The van der Waals surface area contributed by atoms with Crippen LogP contribution in [0.1, 0.15) is 44.9 Å². The number of hydrogen-bond donors (Lipinski definition) is 1. The molecule has 0 aliphatic carbocycles. The summed E-state index contributed by atoms with van der Waals surface area (Å²) in [6, 6.07) is 27.9. The summed E-state index contributed by atoms with van der Waals surface area (Å²) < 4.78 is 55.8. The molecule has 8 nitrogen and oxygen atoms in total. The second-order valence-electron chi connectivity index (χ2n) is 10.5. The van der Waals surface area contributed by atoms with Gasteiger partial charge in [-0.3, -0.25) is 9.78 Å². The van der Waals surface area contributed by atoms with Gasteiger partial charge in [0.2, 0.25) is 5.89 Å². The normalized spacial score (nSPS) is 12.1. The van der Waals surface area contributed by atoms with E-state index in [1.165, 1.54) is 12.1 Å². The SMILES string of the molecule is Cc1noc([C@H](Cc2ccc(OCc3ccccc3)cc2)NC(=O)c2cc3cc(Oc4ccc(C(F)(F)F)cc4)ccc3cn2)n1. The van der Waals surface area contributed by atoms with E-state index in [1.807, 2.05) is 54.6 Å². The molecule has 0 spiro atoms. The largest absolute Gasteiger partial charge is 0.489 e. The van der Waals surface area contributed by atoms with Gasteiger partial charge in [0.1, 0.15) is 35.6 Å². The van der Waals surface area contributed by atoms with Gasteiger partial charge in [0.05, 0.1) is 5.56 Å². The van der Waals surface area contributed by atoms with Crippen molar-refractivity contribution in [2.45, 2.75) is 32.2 Å². The molecule has 1 atom stereocenters. The Labute approximate surface area is 261 Å². The fourth-order valence-electron chi connectivity index (χ4n) is 4.74. The van der Waals surface area contributed by atoms with Gasteiger partial charge in [-0.05, 0) is 84.1 Å². The van der Waals surface area contributed by atoms with Gasteiger partial charge in [-0.25, -0.2) is 0 Å². The molecule has 0 bridgehead atoms. The van der Waals surface area contributed by atoms with Crippen LogP contribution in [0.3, 0.4) is 0 Å². The van der Waals surface area contributed by atoms with Crippen molar-refractivity contribution < 1.29 is 32.0 Å². The van der Waals surface area contributed by atoms with Crippen LogP contribution in [0.5, 0.6) is 17.2 Å². The van der Waals surface area contributed by atoms with E-state index in [-0.39, 0.29) is 17.3 Å². The Hall–Kier alpha value is -5.71. The molecule has 1 amide bonds. The maximum Gasteiger partial charge on any atom is 0.416 e. The number of aryl methyl sites for hydroxylation is 1. The Morgan fingerprint density at radius 2 is 1.57 bits per heavy atom. The van der Waals surface area contributed by atoms with Crippen molar-refractivity contribution >= 4 is 16.7 Å². The number of alkyl halides is 3. The average molecular weight is 625 g/mol. The summed E-state index contributed by atoms with van der Waals surface area (Å²) in [5.74, 6) is 1.57. The molecule has 0 saturated heterocycles. The predicted molar refractivity (Wildman–Crippen MR) is 163 cm³/mol. The third kappa shape index (κ3) is 7.49. The molecule has 11 heteroatoms. The Balaban J connectivity index is 1.16. The van der Waals surface area contributed by atoms with Crippen molar-refractivity contribution in [1.82, 2.24) is 20.4 Å². The lowest BCUT2D eigenvalue weighted by atomic mass is 10.0. The number of ether oxygens (including phenoxy) is 2. The third-order valence-corrected chi connectivity index (χ3v) is 7.10. The van der Waals surface area contributed by atoms with Crippen LogP contribution in [-0.4, -0.2) is 21.0 Å². The number of rotatable bonds is 10. The van der Waals surface area contributed by atoms with Gasteiger partial charge in [0.15, 0.2) is 5.82 Å². The highest BCUT2D eigenvalue weighted by Crippen LogP contribution is 2.32. The standard InChI is InChI=1S/C35H27F3N4O4/c1-22-40-34(46-42-22)32(17-23-7-12-28(13-8-23)44-21-24-5-3-2-4-6-24)41-33(43)31-19-26-18-30(14-9-25(26)20-39-31)45-29-15-10-27(11-16-29)35(36,37)38/h2-16,18-20,32H,17,21H2,1H3,(H,41,43)/t32-/m0/s1. The van der Waals surface area contributed by atoms with Crippen LogP contribution in [0.15, 0.2) is 114 Å². The lowest BCUT2D eigenvalue weighted by Crippen LogP contribution is -2.31. The van der Waals surface area contributed by atoms with Crippen LogP contribution in [0.25, 0.3) is 10.8 Å². The van der Waals surface area contributed by atoms with Crippen LogP contribution in [-0.2, 0) is 19.2 Å². The van der Waals surface area contributed by atoms with Gasteiger partial charge in [0.25, 0.3) is 5.91 Å². The smallest absolute Gasteiger partial charge is 0.416 e. The molecule has 0 fully saturated rings. The van der Waals surface area contributed by atoms with Gasteiger partial charge in [-0.2, -0.15) is 18.2 Å². The lowest BCUT2D eigenvalue weighted by Gasteiger charge is -2.16. The summed E-state index contributed by atoms with van der Waals surface area (Å²) in [7, 11) is 0. The number of fused-ring (bicyclic) bond motifs is 1. The molecule has 1 N–H and O–H groups in total. The monoisotopic (exact) mass is 624 g/mol. The molecule has 2 aromatic heterocycles. The van der Waals surface area contributed by atoms with E-state index in [2.05, 4.69) is 20.4 Å². The lowest BCUT2D eigenvalue weighted by molar-refractivity contribution is -0.137. The average Bonchev–Trinajstić information content (AvgIpc) is 3.50. The quantitative estimate of drug-likeness (QED) is 0.165. The van der Waals surface area contributed by atoms with E-state index < -0.39 is 23.7 Å². The van der Waals surface area contributed by atoms with Crippen molar-refractivity contribution in [3.8, 4) is 17.2 Å². The van der Waals surface area contributed by atoms with Crippen LogP contribution in [0.4, 0.5) is 13.2 Å². The molecule has 46 heavy (non-hydrogen) atoms. The van der Waals surface area contributed by atoms with Gasteiger partial charge in [-0.1, -0.05) is 47.6 Å². The molecule has 6 aromatic rings. The highest BCUT2D eigenvalue weighted by Gasteiger charge is 2.30. The van der Waals surface area contributed by atoms with Crippen molar-refractivity contribution in [3.05, 3.63) is 143 Å². The Bertz CT molecular complexity index is 1940. The van der Waals surface area contributed by atoms with E-state index in [1.54, 1.807) is 37.4 Å². The maximum atomic E-state index is 13.4. The van der Waals surface area contributed by atoms with Gasteiger partial charge in [0, 0.05) is 18.0 Å². The van der Waals surface area contributed by atoms with Crippen LogP contribution in [0, 0.1) is 6.92 Å². The summed E-state index contributed by atoms with van der Waals surface area (Å²) in [4.78, 5) is 22.1. The number of hydrogen-bond acceptors (Lipinski definition) is 7. The second kappa shape index (κ2) is 13.1. The third-order valence-electron chi connectivity index (χ3n) is 7.10. The van der Waals surface area contributed by atoms with Crippen LogP contribution < -0.4 is 14.8 Å². The number of carbonyl (C=O) groups is 1. The molecule has 0 saturated carbocycles. The minimum atomic E-state index is -4.44. The van der Waals surface area contributed by atoms with E-state index in [9.17, 15) is 18.0 Å². The first kappa shape index (κ1) is 30.3. The molecule has 0 unspecified atom stereocenters. The number of amides is 1. The van der Waals surface area contributed by atoms with Gasteiger partial charge in [-0.15, -0.1) is 0 Å². The molecule has 4 aromatic carbocycles. The second-order valence-corrected chi connectivity index (χ2v) is 10.5. The predicted octanol–water partition coefficient (Wildman–Crippen LogP) is 8.03. The molecule has 0 aliphatic heterocycles. The molecular formula is C35H27F3N4O4. The number of nitrogens with zero attached hydrogens (tertiary/aromatic N) is 3. The fraction of sp³-hybridized carbons (Fsp3) is 0.143. The number of carbonyl (C=O) groups excluding carboxylic acids is 1. The number of benzene rings is 4. The van der Waals surface area contributed by atoms with E-state index >= 15 is 0 Å². The van der Waals surface area contributed by atoms with Crippen molar-refractivity contribution in [3.63, 3.8) is 0 Å². The first-order valence-electron chi connectivity index (χ1n) is 14.3. The topological polar surface area (TPSA) is 99.4 Å². The minimum Gasteiger partial charge on any atom is -0.489 e. The highest BCUT2D eigenvalue weighted by atomic mass is 19.4. The van der Waals surface area contributed by atoms with Crippen molar-refractivity contribution in [2.75, 3.05) is 0 Å². The van der Waals surface area contributed by atoms with Crippen molar-refractivity contribution in [2.24, 2.45) is 0 Å². The molecule has 0 radical (unpaired) electrons. The first-order valence-corrected chi connectivity index (χ1v) is 14.3. The van der Waals surface area contributed by atoms with E-state index in [0.29, 0.717) is 35.7 Å². The zero-order chi connectivity index (χ0) is 32.1. The van der Waals surface area contributed by atoms with Crippen molar-refractivity contribution in [1.29, 1.82) is 0 Å². The number of aromatic nitrogens is 3. The summed E-state index contributed by atoms with van der Waals surface area (Å²) in [5.41, 5.74) is 1.35. The van der Waals surface area contributed by atoms with E-state index in [0.717, 1.165) is 28.6 Å². The van der Waals surface area contributed by atoms with Gasteiger partial charge < -0.3 is 19.3 Å². The van der Waals surface area contributed by atoms with Crippen LogP contribution in [0.2, 0.25) is 0 Å². The zero-order valence-corrected chi connectivity index (χ0v) is 24.5. The maximum absolute atomic E-state index is 13.4. The number of halogens is 3. The first-order chi connectivity index (χ1) is 22.2. The number of pyridine rings is 1. The fourth-order valence-corrected chi connectivity index (χ4v) is 4.74. The summed E-state index contributed by atoms with van der Waals surface area (Å²) in [5, 5.41) is 8.24. The Morgan fingerprint density at radius 1 is 0.848 bits per heavy atom. The summed E-state index contributed by atoms with van der Waals surface area (Å²) >= 11 is 0. The molecule has 0 aliphatic rings. The molecule has 2 heterocycles. The molecular weight excluding hydrogens is 597 g/mol. The highest BCUT2D eigenvalue weighted by molar-refractivity contribution is 5.96. The Kier molecular flexibility index (Phi) is 8.64. The minimum absolute atomic E-state index is 0.144. The zero-order valence-electron chi connectivity index (χ0n) is 24.5. The summed E-state index contributed by atoms with van der Waals surface area (Å²) in [6.45, 7) is 2.14. The molecule has 232 valence electrons. The number of nitrogens with one attached hydrogen (secondary N) is 1. The van der Waals surface area contributed by atoms with E-state index in [4.69, 9.17) is 14.0 Å². The Morgan fingerprint density at radius 3 is 2.26 bits per heavy atom.